The number of nitrogens with zero attached hydrogens (tertiary/aromatic N) is 2. The first-order chi connectivity index (χ1) is 4.83. The van der Waals surface area contributed by atoms with Crippen LogP contribution in [0.25, 0.3) is 6.08 Å². The molecular formula is C7H8N2O. The summed E-state index contributed by atoms with van der Waals surface area (Å²) in [6.45, 7) is 1.80. The molecule has 10 heavy (non-hydrogen) atoms. The summed E-state index contributed by atoms with van der Waals surface area (Å²) in [5.74, 6) is 0.704. The minimum Gasteiger partial charge on any atom is -0.516 e. The highest BCUT2D eigenvalue weighted by Gasteiger charge is 1.87. The summed E-state index contributed by atoms with van der Waals surface area (Å²) in [5.41, 5.74) is 0.718. The minimum atomic E-state index is 0.704. The van der Waals surface area contributed by atoms with Crippen LogP contribution in [0.1, 0.15) is 11.5 Å². The van der Waals surface area contributed by atoms with Crippen molar-refractivity contribution in [2.24, 2.45) is 0 Å². The summed E-state index contributed by atoms with van der Waals surface area (Å²) in [6, 6.07) is 1.72. The van der Waals surface area contributed by atoms with Gasteiger partial charge >= 0.3 is 0 Å². The Bertz CT molecular complexity index is 245. The van der Waals surface area contributed by atoms with Crippen LogP contribution in [-0.4, -0.2) is 15.1 Å². The average Bonchev–Trinajstić information content (AvgIpc) is 1.88. The summed E-state index contributed by atoms with van der Waals surface area (Å²) in [4.78, 5) is 7.90. The molecule has 0 aliphatic carbocycles. The molecule has 0 fully saturated rings. The molecule has 1 N–H and O–H groups in total. The first kappa shape index (κ1) is 6.74. The zero-order valence-corrected chi connectivity index (χ0v) is 5.65. The molecule has 0 saturated heterocycles. The molecule has 1 aromatic heterocycles. The van der Waals surface area contributed by atoms with Crippen molar-refractivity contribution in [1.82, 2.24) is 9.97 Å². The largest absolute Gasteiger partial charge is 0.516 e. The molecule has 0 saturated carbocycles. The monoisotopic (exact) mass is 136 g/mol. The Morgan fingerprint density at radius 1 is 1.60 bits per heavy atom. The summed E-state index contributed by atoms with van der Waals surface area (Å²) in [6.07, 6.45) is 4.12. The SMILES string of the molecule is Cc1nccc(C=CO)n1. The van der Waals surface area contributed by atoms with Crippen LogP contribution in [0.5, 0.6) is 0 Å². The molecular weight excluding hydrogens is 128 g/mol. The van der Waals surface area contributed by atoms with Gasteiger partial charge in [-0.15, -0.1) is 0 Å². The fourth-order valence-electron chi connectivity index (χ4n) is 0.644. The average molecular weight is 136 g/mol. The van der Waals surface area contributed by atoms with E-state index < -0.39 is 0 Å². The van der Waals surface area contributed by atoms with Gasteiger partial charge in [-0.05, 0) is 19.1 Å². The predicted molar refractivity (Wildman–Crippen MR) is 38.4 cm³/mol. The maximum atomic E-state index is 8.37. The van der Waals surface area contributed by atoms with E-state index in [2.05, 4.69) is 9.97 Å². The third kappa shape index (κ3) is 1.55. The second kappa shape index (κ2) is 2.96. The van der Waals surface area contributed by atoms with Gasteiger partial charge in [-0.2, -0.15) is 0 Å². The van der Waals surface area contributed by atoms with Gasteiger partial charge in [-0.3, -0.25) is 0 Å². The van der Waals surface area contributed by atoms with Gasteiger partial charge in [0.25, 0.3) is 0 Å². The van der Waals surface area contributed by atoms with Crippen molar-refractivity contribution in [2.45, 2.75) is 6.92 Å². The summed E-state index contributed by atoms with van der Waals surface area (Å²) in [7, 11) is 0. The molecule has 3 nitrogen and oxygen atoms in total. The standard InChI is InChI=1S/C7H8N2O/c1-6-8-4-2-7(9-6)3-5-10/h2-5,10H,1H3. The topological polar surface area (TPSA) is 46.0 Å². The van der Waals surface area contributed by atoms with E-state index in [0.29, 0.717) is 5.82 Å². The van der Waals surface area contributed by atoms with Crippen molar-refractivity contribution in [3.8, 4) is 0 Å². The normalized spacial score (nSPS) is 10.5. The maximum absolute atomic E-state index is 8.37. The van der Waals surface area contributed by atoms with Crippen LogP contribution < -0.4 is 0 Å². The lowest BCUT2D eigenvalue weighted by Gasteiger charge is -1.91. The van der Waals surface area contributed by atoms with Crippen molar-refractivity contribution in [3.05, 3.63) is 30.0 Å². The number of aromatic nitrogens is 2. The lowest BCUT2D eigenvalue weighted by molar-refractivity contribution is 0.478. The van der Waals surface area contributed by atoms with E-state index in [4.69, 9.17) is 5.11 Å². The molecule has 0 atom stereocenters. The van der Waals surface area contributed by atoms with E-state index >= 15 is 0 Å². The summed E-state index contributed by atoms with van der Waals surface area (Å²) < 4.78 is 0. The first-order valence-electron chi connectivity index (χ1n) is 2.93. The second-order valence-electron chi connectivity index (χ2n) is 1.84. The fourth-order valence-corrected chi connectivity index (χ4v) is 0.644. The number of aryl methyl sites for hydroxylation is 1. The molecule has 0 aromatic carbocycles. The zero-order chi connectivity index (χ0) is 7.40. The molecule has 3 heteroatoms. The van der Waals surface area contributed by atoms with Gasteiger partial charge in [0.15, 0.2) is 0 Å². The molecule has 0 amide bonds. The Morgan fingerprint density at radius 2 is 2.40 bits per heavy atom. The quantitative estimate of drug-likeness (QED) is 0.592. The lowest BCUT2D eigenvalue weighted by atomic mass is 10.4. The Labute approximate surface area is 59.1 Å². The van der Waals surface area contributed by atoms with Crippen LogP contribution >= 0.6 is 0 Å². The van der Waals surface area contributed by atoms with Gasteiger partial charge in [-0.25, -0.2) is 9.97 Å². The molecule has 52 valence electrons. The zero-order valence-electron chi connectivity index (χ0n) is 5.65. The van der Waals surface area contributed by atoms with E-state index in [9.17, 15) is 0 Å². The van der Waals surface area contributed by atoms with Crippen LogP contribution in [0.2, 0.25) is 0 Å². The maximum Gasteiger partial charge on any atom is 0.125 e. The van der Waals surface area contributed by atoms with Crippen LogP contribution in [0.4, 0.5) is 0 Å². The number of rotatable bonds is 1. The molecule has 1 rings (SSSR count). The van der Waals surface area contributed by atoms with Crippen molar-refractivity contribution >= 4 is 6.08 Å². The highest BCUT2D eigenvalue weighted by atomic mass is 16.2. The van der Waals surface area contributed by atoms with E-state index in [1.165, 1.54) is 6.08 Å². The van der Waals surface area contributed by atoms with E-state index in [1.54, 1.807) is 19.2 Å². The number of aliphatic hydroxyl groups excluding tert-OH is 1. The van der Waals surface area contributed by atoms with E-state index in [1.807, 2.05) is 0 Å². The third-order valence-corrected chi connectivity index (χ3v) is 1.04. The van der Waals surface area contributed by atoms with Crippen LogP contribution in [0.15, 0.2) is 18.5 Å². The van der Waals surface area contributed by atoms with Crippen molar-refractivity contribution in [1.29, 1.82) is 0 Å². The lowest BCUT2D eigenvalue weighted by Crippen LogP contribution is -1.87. The number of aliphatic hydroxyl groups is 1. The highest BCUT2D eigenvalue weighted by molar-refractivity contribution is 5.41. The van der Waals surface area contributed by atoms with Gasteiger partial charge in [0.2, 0.25) is 0 Å². The van der Waals surface area contributed by atoms with E-state index in [0.717, 1.165) is 12.0 Å². The Morgan fingerprint density at radius 3 is 3.00 bits per heavy atom. The molecule has 0 aliphatic rings. The van der Waals surface area contributed by atoms with Crippen molar-refractivity contribution in [2.75, 3.05) is 0 Å². The molecule has 1 heterocycles. The van der Waals surface area contributed by atoms with Crippen LogP contribution in [-0.2, 0) is 0 Å². The highest BCUT2D eigenvalue weighted by Crippen LogP contribution is 1.95. The van der Waals surface area contributed by atoms with Gasteiger partial charge in [0, 0.05) is 6.20 Å². The molecule has 0 radical (unpaired) electrons. The molecule has 0 bridgehead atoms. The van der Waals surface area contributed by atoms with Crippen LogP contribution in [0.3, 0.4) is 0 Å². The van der Waals surface area contributed by atoms with Crippen LogP contribution in [0, 0.1) is 6.92 Å². The molecule has 0 spiro atoms. The molecule has 0 unspecified atom stereocenters. The van der Waals surface area contributed by atoms with Gasteiger partial charge < -0.3 is 5.11 Å². The third-order valence-electron chi connectivity index (χ3n) is 1.04. The Balaban J connectivity index is 2.95. The Kier molecular flexibility index (Phi) is 1.99. The van der Waals surface area contributed by atoms with Gasteiger partial charge in [-0.1, -0.05) is 0 Å². The fraction of sp³-hybridized carbons (Fsp3) is 0.143. The second-order valence-corrected chi connectivity index (χ2v) is 1.84. The first-order valence-corrected chi connectivity index (χ1v) is 2.93. The minimum absolute atomic E-state index is 0.704. The van der Waals surface area contributed by atoms with Crippen molar-refractivity contribution in [3.63, 3.8) is 0 Å². The summed E-state index contributed by atoms with van der Waals surface area (Å²) in [5, 5.41) is 8.37. The van der Waals surface area contributed by atoms with Gasteiger partial charge in [0.1, 0.15) is 5.82 Å². The Hall–Kier alpha value is -1.38. The smallest absolute Gasteiger partial charge is 0.125 e. The van der Waals surface area contributed by atoms with E-state index in [-0.39, 0.29) is 0 Å². The van der Waals surface area contributed by atoms with Gasteiger partial charge in [0.05, 0.1) is 12.0 Å². The number of hydrogen-bond donors (Lipinski definition) is 1. The summed E-state index contributed by atoms with van der Waals surface area (Å²) >= 11 is 0. The predicted octanol–water partition coefficient (Wildman–Crippen LogP) is 1.31. The molecule has 0 aliphatic heterocycles. The van der Waals surface area contributed by atoms with Crippen molar-refractivity contribution < 1.29 is 5.11 Å². The molecule has 1 aromatic rings. The number of hydrogen-bond acceptors (Lipinski definition) is 3.